The van der Waals surface area contributed by atoms with Gasteiger partial charge in [-0.2, -0.15) is 0 Å². The molecule has 1 rings (SSSR count). The highest BCUT2D eigenvalue weighted by Gasteiger charge is 1.98. The molecule has 14 heavy (non-hydrogen) atoms. The molecule has 0 aliphatic carbocycles. The number of nitrogens with two attached hydrogens (primary N) is 1. The first kappa shape index (κ1) is 11.1. The van der Waals surface area contributed by atoms with Crippen LogP contribution < -0.4 is 5.73 Å². The summed E-state index contributed by atoms with van der Waals surface area (Å²) < 4.78 is 0.904. The number of carboxylic acids is 1. The van der Waals surface area contributed by atoms with Gasteiger partial charge in [0, 0.05) is 21.1 Å². The van der Waals surface area contributed by atoms with E-state index in [1.807, 2.05) is 12.1 Å². The highest BCUT2D eigenvalue weighted by atomic mass is 79.9. The summed E-state index contributed by atoms with van der Waals surface area (Å²) >= 11 is 4.56. The quantitative estimate of drug-likeness (QED) is 0.505. The molecule has 0 atom stereocenters. The molecule has 1 aromatic carbocycles. The summed E-state index contributed by atoms with van der Waals surface area (Å²) in [6.45, 7) is 0. The van der Waals surface area contributed by atoms with Crippen LogP contribution in [0.3, 0.4) is 0 Å². The zero-order valence-electron chi connectivity index (χ0n) is 7.11. The van der Waals surface area contributed by atoms with Gasteiger partial charge < -0.3 is 10.8 Å². The van der Waals surface area contributed by atoms with Gasteiger partial charge in [0.2, 0.25) is 0 Å². The standard InChI is InChI=1S/C9H8BrNO2S/c10-6-1-2-8(7(11)5-6)14-4-3-9(12)13/h1-5H,11H2,(H,12,13). The highest BCUT2D eigenvalue weighted by Crippen LogP contribution is 2.28. The van der Waals surface area contributed by atoms with Crippen molar-refractivity contribution >= 4 is 39.3 Å². The van der Waals surface area contributed by atoms with E-state index in [0.717, 1.165) is 15.4 Å². The molecule has 0 saturated heterocycles. The van der Waals surface area contributed by atoms with Gasteiger partial charge in [0.05, 0.1) is 0 Å². The molecule has 3 nitrogen and oxygen atoms in total. The van der Waals surface area contributed by atoms with E-state index in [-0.39, 0.29) is 0 Å². The lowest BCUT2D eigenvalue weighted by Crippen LogP contribution is -1.88. The first-order valence-electron chi connectivity index (χ1n) is 3.71. The van der Waals surface area contributed by atoms with Crippen LogP contribution >= 0.6 is 27.7 Å². The molecular weight excluding hydrogens is 266 g/mol. The summed E-state index contributed by atoms with van der Waals surface area (Å²) in [4.78, 5) is 11.0. The minimum atomic E-state index is -0.965. The minimum Gasteiger partial charge on any atom is -0.478 e. The zero-order chi connectivity index (χ0) is 10.6. The second-order valence-corrected chi connectivity index (χ2v) is 4.30. The predicted octanol–water partition coefficient (Wildman–Crippen LogP) is 2.72. The molecule has 0 radical (unpaired) electrons. The van der Waals surface area contributed by atoms with Crippen molar-refractivity contribution < 1.29 is 9.90 Å². The number of hydrogen-bond donors (Lipinski definition) is 2. The number of carboxylic acid groups (broad SMARTS) is 1. The normalized spacial score (nSPS) is 10.6. The van der Waals surface area contributed by atoms with Gasteiger partial charge in [-0.05, 0) is 23.6 Å². The molecule has 0 aliphatic rings. The molecule has 3 N–H and O–H groups in total. The van der Waals surface area contributed by atoms with Crippen molar-refractivity contribution in [2.24, 2.45) is 0 Å². The molecule has 0 spiro atoms. The van der Waals surface area contributed by atoms with Crippen molar-refractivity contribution in [2.75, 3.05) is 5.73 Å². The Kier molecular flexibility index (Phi) is 4.03. The Labute approximate surface area is 94.1 Å². The fraction of sp³-hybridized carbons (Fsp3) is 0. The summed E-state index contributed by atoms with van der Waals surface area (Å²) in [6, 6.07) is 5.46. The van der Waals surface area contributed by atoms with E-state index in [0.29, 0.717) is 5.69 Å². The molecule has 0 aromatic heterocycles. The van der Waals surface area contributed by atoms with Gasteiger partial charge in [0.25, 0.3) is 0 Å². The topological polar surface area (TPSA) is 63.3 Å². The number of thioether (sulfide) groups is 1. The maximum absolute atomic E-state index is 10.2. The van der Waals surface area contributed by atoms with Crippen molar-refractivity contribution in [3.05, 3.63) is 34.2 Å². The number of carbonyl (C=O) groups is 1. The number of anilines is 1. The second kappa shape index (κ2) is 5.07. The minimum absolute atomic E-state index is 0.624. The van der Waals surface area contributed by atoms with Crippen LogP contribution in [0.2, 0.25) is 0 Å². The van der Waals surface area contributed by atoms with Gasteiger partial charge in [-0.15, -0.1) is 0 Å². The SMILES string of the molecule is Nc1cc(Br)ccc1SC=CC(=O)O. The van der Waals surface area contributed by atoms with Crippen LogP contribution in [0.4, 0.5) is 5.69 Å². The summed E-state index contributed by atoms with van der Waals surface area (Å²) in [6.07, 6.45) is 1.08. The third-order valence-electron chi connectivity index (χ3n) is 1.38. The maximum Gasteiger partial charge on any atom is 0.328 e. The fourth-order valence-corrected chi connectivity index (χ4v) is 1.84. The average molecular weight is 274 g/mol. The summed E-state index contributed by atoms with van der Waals surface area (Å²) in [5, 5.41) is 9.85. The lowest BCUT2D eigenvalue weighted by Gasteiger charge is -2.01. The van der Waals surface area contributed by atoms with Crippen molar-refractivity contribution in [1.82, 2.24) is 0 Å². The summed E-state index contributed by atoms with van der Waals surface area (Å²) in [5.74, 6) is -0.965. The smallest absolute Gasteiger partial charge is 0.328 e. The Hall–Kier alpha value is -0.940. The van der Waals surface area contributed by atoms with Crippen LogP contribution in [0, 0.1) is 0 Å². The van der Waals surface area contributed by atoms with Gasteiger partial charge in [-0.25, -0.2) is 4.79 Å². The van der Waals surface area contributed by atoms with Gasteiger partial charge in [0.1, 0.15) is 0 Å². The average Bonchev–Trinajstić information content (AvgIpc) is 2.08. The summed E-state index contributed by atoms with van der Waals surface area (Å²) in [5.41, 5.74) is 6.33. The van der Waals surface area contributed by atoms with Gasteiger partial charge in [-0.3, -0.25) is 0 Å². The first-order valence-corrected chi connectivity index (χ1v) is 5.38. The van der Waals surface area contributed by atoms with E-state index < -0.39 is 5.97 Å². The number of hydrogen-bond acceptors (Lipinski definition) is 3. The summed E-state index contributed by atoms with van der Waals surface area (Å²) in [7, 11) is 0. The van der Waals surface area contributed by atoms with E-state index in [4.69, 9.17) is 10.8 Å². The number of benzene rings is 1. The Morgan fingerprint density at radius 3 is 2.86 bits per heavy atom. The number of rotatable bonds is 3. The zero-order valence-corrected chi connectivity index (χ0v) is 9.51. The highest BCUT2D eigenvalue weighted by molar-refractivity contribution is 9.10. The maximum atomic E-state index is 10.2. The van der Waals surface area contributed by atoms with Crippen molar-refractivity contribution in [3.8, 4) is 0 Å². The van der Waals surface area contributed by atoms with Gasteiger partial charge in [-0.1, -0.05) is 27.7 Å². The van der Waals surface area contributed by atoms with E-state index in [9.17, 15) is 4.79 Å². The van der Waals surface area contributed by atoms with E-state index >= 15 is 0 Å². The molecule has 74 valence electrons. The molecule has 0 heterocycles. The number of nitrogen functional groups attached to an aromatic ring is 1. The van der Waals surface area contributed by atoms with Crippen LogP contribution in [0.1, 0.15) is 0 Å². The Morgan fingerprint density at radius 2 is 2.29 bits per heavy atom. The molecule has 0 saturated carbocycles. The van der Waals surface area contributed by atoms with E-state index in [1.54, 1.807) is 6.07 Å². The lowest BCUT2D eigenvalue weighted by molar-refractivity contribution is -0.131. The number of halogens is 1. The van der Waals surface area contributed by atoms with Crippen molar-refractivity contribution in [3.63, 3.8) is 0 Å². The lowest BCUT2D eigenvalue weighted by atomic mass is 10.3. The van der Waals surface area contributed by atoms with E-state index in [2.05, 4.69) is 15.9 Å². The van der Waals surface area contributed by atoms with Gasteiger partial charge in [0.15, 0.2) is 0 Å². The molecule has 0 unspecified atom stereocenters. The Bertz CT molecular complexity index is 379. The van der Waals surface area contributed by atoms with Gasteiger partial charge >= 0.3 is 5.97 Å². The third kappa shape index (κ3) is 3.43. The third-order valence-corrected chi connectivity index (χ3v) is 2.77. The van der Waals surface area contributed by atoms with Crippen LogP contribution in [0.25, 0.3) is 0 Å². The predicted molar refractivity (Wildman–Crippen MR) is 61.2 cm³/mol. The molecule has 1 aromatic rings. The van der Waals surface area contributed by atoms with Crippen molar-refractivity contribution in [2.45, 2.75) is 4.90 Å². The monoisotopic (exact) mass is 273 g/mol. The van der Waals surface area contributed by atoms with Crippen LogP contribution in [0.15, 0.2) is 39.1 Å². The van der Waals surface area contributed by atoms with E-state index in [1.165, 1.54) is 17.2 Å². The Balaban J connectivity index is 2.73. The molecule has 0 amide bonds. The van der Waals surface area contributed by atoms with Crippen LogP contribution in [0.5, 0.6) is 0 Å². The fourth-order valence-electron chi connectivity index (χ4n) is 0.792. The Morgan fingerprint density at radius 1 is 1.57 bits per heavy atom. The van der Waals surface area contributed by atoms with Crippen LogP contribution in [-0.4, -0.2) is 11.1 Å². The number of aliphatic carboxylic acids is 1. The van der Waals surface area contributed by atoms with Crippen molar-refractivity contribution in [1.29, 1.82) is 0 Å². The molecule has 0 bridgehead atoms. The molecular formula is C9H8BrNO2S. The van der Waals surface area contributed by atoms with Crippen LogP contribution in [-0.2, 0) is 4.79 Å². The largest absolute Gasteiger partial charge is 0.478 e. The molecule has 0 aliphatic heterocycles. The second-order valence-electron chi connectivity index (χ2n) is 2.44. The molecule has 0 fully saturated rings. The first-order chi connectivity index (χ1) is 6.59. The molecule has 5 heteroatoms.